The number of carbonyl (C=O) groups is 3. The van der Waals surface area contributed by atoms with Gasteiger partial charge in [0.15, 0.2) is 6.10 Å². The molecule has 0 aliphatic carbocycles. The highest BCUT2D eigenvalue weighted by molar-refractivity contribution is 5.71. The predicted octanol–water partition coefficient (Wildman–Crippen LogP) is 15.0. The molecule has 58 heavy (non-hydrogen) atoms. The summed E-state index contributed by atoms with van der Waals surface area (Å²) in [5.74, 6) is -0.966. The van der Waals surface area contributed by atoms with Crippen LogP contribution in [0.1, 0.15) is 194 Å². The van der Waals surface area contributed by atoms with Crippen molar-refractivity contribution in [2.45, 2.75) is 200 Å². The first-order valence-corrected chi connectivity index (χ1v) is 23.2. The minimum absolute atomic E-state index is 0.0971. The Kier molecular flexibility index (Phi) is 43.1. The van der Waals surface area contributed by atoms with Crippen LogP contribution in [0.25, 0.3) is 0 Å². The second kappa shape index (κ2) is 46.0. The van der Waals surface area contributed by atoms with E-state index in [1.807, 2.05) is 0 Å². The molecule has 0 amide bonds. The topological polar surface area (TPSA) is 78.9 Å². The van der Waals surface area contributed by atoms with E-state index in [1.165, 1.54) is 19.3 Å². The average Bonchev–Trinajstić information content (AvgIpc) is 3.22. The van der Waals surface area contributed by atoms with Crippen LogP contribution >= 0.6 is 0 Å². The van der Waals surface area contributed by atoms with Gasteiger partial charge in [0.1, 0.15) is 13.2 Å². The predicted molar refractivity (Wildman–Crippen MR) is 247 cm³/mol. The zero-order valence-corrected chi connectivity index (χ0v) is 37.3. The van der Waals surface area contributed by atoms with Crippen molar-refractivity contribution in [2.24, 2.45) is 0 Å². The van der Waals surface area contributed by atoms with E-state index in [1.54, 1.807) is 0 Å². The standard InChI is InChI=1S/C52H84O6/c1-4-7-10-13-16-18-20-22-24-25-26-27-29-30-32-34-36-39-42-45-51(54)57-48-49(47-56-50(53)44-41-38-15-12-9-6-3)58-52(55)46-43-40-37-35-33-31-28-23-21-19-17-14-11-8-5-2/h7-8,10-11,16-19,22-24,26-28,30,32,49H,4-6,9,12-15,20-21,25,29,31,33-48H2,1-3H3/b10-7-,11-8-,18-16-,19-17-,24-22-,27-26-,28-23-,32-30-. The van der Waals surface area contributed by atoms with E-state index < -0.39 is 6.10 Å². The largest absolute Gasteiger partial charge is 0.462 e. The highest BCUT2D eigenvalue weighted by Crippen LogP contribution is 2.12. The summed E-state index contributed by atoms with van der Waals surface area (Å²) in [7, 11) is 0. The molecule has 1 atom stereocenters. The first-order chi connectivity index (χ1) is 28.5. The molecule has 328 valence electrons. The lowest BCUT2D eigenvalue weighted by molar-refractivity contribution is -0.167. The summed E-state index contributed by atoms with van der Waals surface area (Å²) in [6, 6.07) is 0. The van der Waals surface area contributed by atoms with Gasteiger partial charge in [0.25, 0.3) is 0 Å². The van der Waals surface area contributed by atoms with Crippen LogP contribution < -0.4 is 0 Å². The number of carbonyl (C=O) groups excluding carboxylic acids is 3. The molecule has 0 aromatic heterocycles. The third kappa shape index (κ3) is 43.5. The second-order valence-electron chi connectivity index (χ2n) is 14.9. The summed E-state index contributed by atoms with van der Waals surface area (Å²) in [6.45, 7) is 6.28. The molecule has 0 fully saturated rings. The fourth-order valence-electron chi connectivity index (χ4n) is 5.89. The van der Waals surface area contributed by atoms with E-state index >= 15 is 0 Å². The Morgan fingerprint density at radius 2 is 0.672 bits per heavy atom. The molecule has 6 nitrogen and oxygen atoms in total. The zero-order valence-electron chi connectivity index (χ0n) is 37.3. The molecule has 0 saturated heterocycles. The molecule has 0 spiro atoms. The van der Waals surface area contributed by atoms with Gasteiger partial charge < -0.3 is 14.2 Å². The maximum atomic E-state index is 12.7. The number of allylic oxidation sites excluding steroid dienone is 16. The van der Waals surface area contributed by atoms with Gasteiger partial charge in [-0.2, -0.15) is 0 Å². The molecule has 0 heterocycles. The van der Waals surface area contributed by atoms with Crippen LogP contribution in [-0.2, 0) is 28.6 Å². The third-order valence-electron chi connectivity index (χ3n) is 9.33. The summed E-state index contributed by atoms with van der Waals surface area (Å²) < 4.78 is 16.6. The van der Waals surface area contributed by atoms with Crippen molar-refractivity contribution in [3.8, 4) is 0 Å². The highest BCUT2D eigenvalue weighted by Gasteiger charge is 2.19. The Hall–Kier alpha value is -3.67. The molecule has 0 aromatic carbocycles. The van der Waals surface area contributed by atoms with Gasteiger partial charge >= 0.3 is 17.9 Å². The lowest BCUT2D eigenvalue weighted by Gasteiger charge is -2.18. The Labute approximate surface area is 356 Å². The smallest absolute Gasteiger partial charge is 0.306 e. The molecule has 0 bridgehead atoms. The number of unbranched alkanes of at least 4 members (excludes halogenated alkanes) is 13. The Morgan fingerprint density at radius 1 is 0.362 bits per heavy atom. The van der Waals surface area contributed by atoms with Crippen molar-refractivity contribution < 1.29 is 28.6 Å². The van der Waals surface area contributed by atoms with Crippen LogP contribution in [-0.4, -0.2) is 37.2 Å². The van der Waals surface area contributed by atoms with Gasteiger partial charge in [-0.3, -0.25) is 14.4 Å². The van der Waals surface area contributed by atoms with Crippen molar-refractivity contribution in [3.63, 3.8) is 0 Å². The van der Waals surface area contributed by atoms with Gasteiger partial charge in [-0.15, -0.1) is 0 Å². The van der Waals surface area contributed by atoms with Crippen molar-refractivity contribution in [2.75, 3.05) is 13.2 Å². The second-order valence-corrected chi connectivity index (χ2v) is 14.9. The molecule has 1 unspecified atom stereocenters. The zero-order chi connectivity index (χ0) is 42.3. The van der Waals surface area contributed by atoms with Gasteiger partial charge in [-0.25, -0.2) is 0 Å². The van der Waals surface area contributed by atoms with E-state index in [2.05, 4.69) is 118 Å². The number of hydrogen-bond donors (Lipinski definition) is 0. The fourth-order valence-corrected chi connectivity index (χ4v) is 5.89. The van der Waals surface area contributed by atoms with Crippen LogP contribution in [0.4, 0.5) is 0 Å². The Balaban J connectivity index is 4.37. The van der Waals surface area contributed by atoms with E-state index in [-0.39, 0.29) is 31.1 Å². The van der Waals surface area contributed by atoms with Crippen molar-refractivity contribution in [1.82, 2.24) is 0 Å². The lowest BCUT2D eigenvalue weighted by atomic mass is 10.1. The summed E-state index contributed by atoms with van der Waals surface area (Å²) in [5, 5.41) is 0. The van der Waals surface area contributed by atoms with Gasteiger partial charge in [0.05, 0.1) is 0 Å². The maximum Gasteiger partial charge on any atom is 0.306 e. The lowest BCUT2D eigenvalue weighted by Crippen LogP contribution is -2.30. The first-order valence-electron chi connectivity index (χ1n) is 23.2. The van der Waals surface area contributed by atoms with Gasteiger partial charge in [0, 0.05) is 19.3 Å². The summed E-state index contributed by atoms with van der Waals surface area (Å²) in [5.41, 5.74) is 0. The van der Waals surface area contributed by atoms with Crippen molar-refractivity contribution >= 4 is 17.9 Å². The molecule has 0 radical (unpaired) electrons. The molecule has 0 aliphatic heterocycles. The van der Waals surface area contributed by atoms with Crippen LogP contribution in [0.3, 0.4) is 0 Å². The Bertz CT molecular complexity index is 1200. The third-order valence-corrected chi connectivity index (χ3v) is 9.33. The number of rotatable bonds is 40. The SMILES string of the molecule is CC/C=C\C/C=C\C/C=C\C/C=C\C/C=C\CCCCCC(=O)OCC(COC(=O)CCCCCCCC)OC(=O)CCCCCCC/C=C\C/C=C\C/C=C\CC. The highest BCUT2D eigenvalue weighted by atomic mass is 16.6. The van der Waals surface area contributed by atoms with Gasteiger partial charge in [0.2, 0.25) is 0 Å². The van der Waals surface area contributed by atoms with E-state index in [0.717, 1.165) is 135 Å². The fraction of sp³-hybridized carbons (Fsp3) is 0.635. The van der Waals surface area contributed by atoms with E-state index in [9.17, 15) is 14.4 Å². The van der Waals surface area contributed by atoms with E-state index in [4.69, 9.17) is 14.2 Å². The number of esters is 3. The minimum atomic E-state index is -0.797. The quantitative estimate of drug-likeness (QED) is 0.0266. The molecule has 0 saturated carbocycles. The average molecular weight is 805 g/mol. The summed E-state index contributed by atoms with van der Waals surface area (Å²) in [6.07, 6.45) is 59.8. The van der Waals surface area contributed by atoms with E-state index in [0.29, 0.717) is 19.3 Å². The Morgan fingerprint density at radius 3 is 1.07 bits per heavy atom. The van der Waals surface area contributed by atoms with Crippen LogP contribution in [0.2, 0.25) is 0 Å². The summed E-state index contributed by atoms with van der Waals surface area (Å²) >= 11 is 0. The van der Waals surface area contributed by atoms with Crippen LogP contribution in [0.15, 0.2) is 97.2 Å². The van der Waals surface area contributed by atoms with Crippen LogP contribution in [0.5, 0.6) is 0 Å². The first kappa shape index (κ1) is 54.3. The molecular formula is C52H84O6. The molecule has 6 heteroatoms. The monoisotopic (exact) mass is 805 g/mol. The normalized spacial score (nSPS) is 12.9. The molecule has 0 rings (SSSR count). The number of ether oxygens (including phenoxy) is 3. The van der Waals surface area contributed by atoms with Gasteiger partial charge in [-0.1, -0.05) is 176 Å². The van der Waals surface area contributed by atoms with Crippen molar-refractivity contribution in [1.29, 1.82) is 0 Å². The maximum absolute atomic E-state index is 12.7. The molecular weight excluding hydrogens is 721 g/mol. The number of hydrogen-bond acceptors (Lipinski definition) is 6. The molecule has 0 aliphatic rings. The molecule has 0 aromatic rings. The van der Waals surface area contributed by atoms with Crippen molar-refractivity contribution in [3.05, 3.63) is 97.2 Å². The van der Waals surface area contributed by atoms with Crippen LogP contribution in [0, 0.1) is 0 Å². The summed E-state index contributed by atoms with van der Waals surface area (Å²) in [4.78, 5) is 37.6. The molecule has 0 N–H and O–H groups in total. The minimum Gasteiger partial charge on any atom is -0.462 e. The van der Waals surface area contributed by atoms with Gasteiger partial charge in [-0.05, 0) is 96.3 Å².